The fraction of sp³-hybridized carbons (Fsp3) is 0.273. The third-order valence-electron chi connectivity index (χ3n) is 6.90. The maximum absolute atomic E-state index is 15.2. The van der Waals surface area contributed by atoms with Crippen LogP contribution in [-0.4, -0.2) is 43.5 Å². The van der Waals surface area contributed by atoms with Crippen LogP contribution in [0.2, 0.25) is 0 Å². The van der Waals surface area contributed by atoms with Crippen molar-refractivity contribution in [1.82, 2.24) is 4.98 Å². The molecule has 4 aromatic rings. The van der Waals surface area contributed by atoms with Gasteiger partial charge in [0.05, 0.1) is 38.2 Å². The summed E-state index contributed by atoms with van der Waals surface area (Å²) in [7, 11) is 1.59. The maximum atomic E-state index is 15.2. The van der Waals surface area contributed by atoms with Gasteiger partial charge in [-0.2, -0.15) is 18.2 Å². The summed E-state index contributed by atoms with van der Waals surface area (Å²) in [6, 6.07) is 16.9. The lowest BCUT2D eigenvalue weighted by atomic mass is 10.0. The molecule has 46 heavy (non-hydrogen) atoms. The molecule has 0 saturated carbocycles. The van der Waals surface area contributed by atoms with E-state index in [1.165, 1.54) is 18.2 Å². The lowest BCUT2D eigenvalue weighted by Crippen LogP contribution is -2.51. The highest BCUT2D eigenvalue weighted by atomic mass is 19.4. The number of benzene rings is 3. The molecule has 2 heterocycles. The number of halogens is 4. The van der Waals surface area contributed by atoms with Gasteiger partial charge < -0.3 is 34.3 Å². The number of amides is 2. The molecule has 1 aliphatic rings. The van der Waals surface area contributed by atoms with Gasteiger partial charge in [0.25, 0.3) is 0 Å². The van der Waals surface area contributed by atoms with Crippen LogP contribution in [0.3, 0.4) is 0 Å². The van der Waals surface area contributed by atoms with Crippen molar-refractivity contribution in [3.05, 3.63) is 89.7 Å². The van der Waals surface area contributed by atoms with E-state index in [1.807, 2.05) is 24.3 Å². The van der Waals surface area contributed by atoms with Crippen molar-refractivity contribution < 1.29 is 46.0 Å². The Hall–Kier alpha value is -5.04. The molecule has 0 atom stereocenters. The SMILES string of the molecule is CCOc1nc(OCc2ccc(OC)cc2)ccc1-c1ccc(NC(=O)Nc2ccc(OC3(C)COC3)c(C(F)(F)F)c2)c(F)c1. The first-order valence-corrected chi connectivity index (χ1v) is 14.2. The van der Waals surface area contributed by atoms with Crippen molar-refractivity contribution in [2.24, 2.45) is 0 Å². The summed E-state index contributed by atoms with van der Waals surface area (Å²) >= 11 is 0. The van der Waals surface area contributed by atoms with Gasteiger partial charge in [-0.3, -0.25) is 0 Å². The molecule has 0 radical (unpaired) electrons. The van der Waals surface area contributed by atoms with Gasteiger partial charge in [-0.25, -0.2) is 9.18 Å². The Kier molecular flexibility index (Phi) is 9.52. The van der Waals surface area contributed by atoms with Gasteiger partial charge in [0.15, 0.2) is 5.60 Å². The number of carbonyl (C=O) groups excluding carboxylic acids is 1. The number of alkyl halides is 3. The second kappa shape index (κ2) is 13.5. The number of pyridine rings is 1. The number of carbonyl (C=O) groups is 1. The van der Waals surface area contributed by atoms with Crippen molar-refractivity contribution in [2.75, 3.05) is 37.6 Å². The van der Waals surface area contributed by atoms with E-state index in [0.29, 0.717) is 23.6 Å². The summed E-state index contributed by atoms with van der Waals surface area (Å²) in [5.41, 5.74) is -0.492. The predicted octanol–water partition coefficient (Wildman–Crippen LogP) is 7.70. The van der Waals surface area contributed by atoms with Gasteiger partial charge in [-0.05, 0) is 73.5 Å². The quantitative estimate of drug-likeness (QED) is 0.162. The molecule has 2 amide bonds. The Bertz CT molecular complexity index is 1690. The van der Waals surface area contributed by atoms with Crippen molar-refractivity contribution in [3.63, 3.8) is 0 Å². The van der Waals surface area contributed by atoms with Gasteiger partial charge in [0.1, 0.15) is 23.9 Å². The normalized spacial score (nSPS) is 13.7. The van der Waals surface area contributed by atoms with Crippen LogP contribution in [0.5, 0.6) is 23.3 Å². The molecule has 242 valence electrons. The average Bonchev–Trinajstić information content (AvgIpc) is 3.01. The number of ether oxygens (including phenoxy) is 5. The first-order valence-electron chi connectivity index (χ1n) is 14.2. The third kappa shape index (κ3) is 7.78. The van der Waals surface area contributed by atoms with Crippen LogP contribution in [0.15, 0.2) is 72.8 Å². The zero-order valence-corrected chi connectivity index (χ0v) is 25.2. The Morgan fingerprint density at radius 1 is 0.978 bits per heavy atom. The summed E-state index contributed by atoms with van der Waals surface area (Å²) in [5, 5.41) is 4.64. The molecule has 5 rings (SSSR count). The number of aromatic nitrogens is 1. The number of urea groups is 1. The van der Waals surface area contributed by atoms with E-state index >= 15 is 4.39 Å². The number of anilines is 2. The maximum Gasteiger partial charge on any atom is 0.420 e. The predicted molar refractivity (Wildman–Crippen MR) is 162 cm³/mol. The smallest absolute Gasteiger partial charge is 0.420 e. The monoisotopic (exact) mass is 641 g/mol. The Morgan fingerprint density at radius 2 is 1.74 bits per heavy atom. The van der Waals surface area contributed by atoms with Crippen molar-refractivity contribution in [2.45, 2.75) is 32.2 Å². The molecular weight excluding hydrogens is 610 g/mol. The highest BCUT2D eigenvalue weighted by Gasteiger charge is 2.40. The van der Waals surface area contributed by atoms with Crippen molar-refractivity contribution >= 4 is 17.4 Å². The topological polar surface area (TPSA) is 100 Å². The molecule has 9 nitrogen and oxygen atoms in total. The number of nitrogens with zero attached hydrogens (tertiary/aromatic N) is 1. The van der Waals surface area contributed by atoms with Crippen LogP contribution in [0, 0.1) is 5.82 Å². The summed E-state index contributed by atoms with van der Waals surface area (Å²) < 4.78 is 83.7. The number of hydrogen-bond donors (Lipinski definition) is 2. The first kappa shape index (κ1) is 32.4. The Balaban J connectivity index is 1.26. The number of hydrogen-bond acceptors (Lipinski definition) is 7. The van der Waals surface area contributed by atoms with Gasteiger partial charge in [0, 0.05) is 17.3 Å². The minimum absolute atomic E-state index is 0.158. The lowest BCUT2D eigenvalue weighted by Gasteiger charge is -2.38. The average molecular weight is 642 g/mol. The number of methoxy groups -OCH3 is 1. The van der Waals surface area contributed by atoms with E-state index in [-0.39, 0.29) is 42.8 Å². The van der Waals surface area contributed by atoms with Gasteiger partial charge in [-0.15, -0.1) is 0 Å². The molecule has 1 aromatic heterocycles. The minimum atomic E-state index is -4.75. The third-order valence-corrected chi connectivity index (χ3v) is 6.90. The van der Waals surface area contributed by atoms with Crippen LogP contribution in [-0.2, 0) is 17.5 Å². The number of rotatable bonds is 11. The van der Waals surface area contributed by atoms with Crippen LogP contribution in [0.25, 0.3) is 11.1 Å². The molecule has 0 bridgehead atoms. The van der Waals surface area contributed by atoms with E-state index < -0.39 is 29.2 Å². The molecule has 13 heteroatoms. The standard InChI is InChI=1S/C33H31F4N3O6/c1-4-44-30-24(11-14-29(40-30)45-17-20-5-9-23(42-3)10-6-20)21-7-12-27(26(34)15-21)39-31(41)38-22-8-13-28(25(16-22)33(35,36)37)46-32(2)18-43-19-32/h5-16H,4,17-19H2,1-3H3,(H2,38,39,41). The summed E-state index contributed by atoms with van der Waals surface area (Å²) in [6.45, 7) is 4.28. The van der Waals surface area contributed by atoms with Crippen LogP contribution < -0.4 is 29.6 Å². The van der Waals surface area contributed by atoms with E-state index in [4.69, 9.17) is 23.7 Å². The van der Waals surface area contributed by atoms with E-state index in [1.54, 1.807) is 39.2 Å². The summed E-state index contributed by atoms with van der Waals surface area (Å²) in [4.78, 5) is 17.1. The van der Waals surface area contributed by atoms with Crippen LogP contribution in [0.1, 0.15) is 25.0 Å². The Morgan fingerprint density at radius 3 is 2.37 bits per heavy atom. The molecule has 0 spiro atoms. The molecular formula is C33H31F4N3O6. The molecule has 0 unspecified atom stereocenters. The highest BCUT2D eigenvalue weighted by molar-refractivity contribution is 6.00. The summed E-state index contributed by atoms with van der Waals surface area (Å²) in [5.74, 6) is 0.0793. The van der Waals surface area contributed by atoms with E-state index in [2.05, 4.69) is 15.6 Å². The van der Waals surface area contributed by atoms with Crippen LogP contribution in [0.4, 0.5) is 33.7 Å². The largest absolute Gasteiger partial charge is 0.497 e. The Labute approximate surface area is 262 Å². The first-order chi connectivity index (χ1) is 22.0. The van der Waals surface area contributed by atoms with Gasteiger partial charge in [-0.1, -0.05) is 18.2 Å². The van der Waals surface area contributed by atoms with Gasteiger partial charge in [0.2, 0.25) is 11.8 Å². The van der Waals surface area contributed by atoms with Crippen LogP contribution >= 0.6 is 0 Å². The van der Waals surface area contributed by atoms with Crippen molar-refractivity contribution in [3.8, 4) is 34.4 Å². The van der Waals surface area contributed by atoms with Crippen molar-refractivity contribution in [1.29, 1.82) is 0 Å². The molecule has 0 aliphatic carbocycles. The second-order valence-corrected chi connectivity index (χ2v) is 10.6. The number of nitrogens with one attached hydrogen (secondary N) is 2. The molecule has 3 aromatic carbocycles. The lowest BCUT2D eigenvalue weighted by molar-refractivity contribution is -0.160. The second-order valence-electron chi connectivity index (χ2n) is 10.6. The molecule has 2 N–H and O–H groups in total. The fourth-order valence-electron chi connectivity index (χ4n) is 4.55. The van der Waals surface area contributed by atoms with E-state index in [0.717, 1.165) is 23.4 Å². The zero-order chi connectivity index (χ0) is 32.9. The molecule has 1 saturated heterocycles. The molecule has 1 fully saturated rings. The highest BCUT2D eigenvalue weighted by Crippen LogP contribution is 2.40. The fourth-order valence-corrected chi connectivity index (χ4v) is 4.55. The summed E-state index contributed by atoms with van der Waals surface area (Å²) in [6.07, 6.45) is -4.75. The minimum Gasteiger partial charge on any atom is -0.497 e. The molecule has 1 aliphatic heterocycles. The van der Waals surface area contributed by atoms with Gasteiger partial charge >= 0.3 is 12.2 Å². The van der Waals surface area contributed by atoms with E-state index in [9.17, 15) is 18.0 Å². The zero-order valence-electron chi connectivity index (χ0n) is 25.2.